The Morgan fingerprint density at radius 2 is 1.77 bits per heavy atom. The summed E-state index contributed by atoms with van der Waals surface area (Å²) in [4.78, 5) is 2.63. The Balaban J connectivity index is 1.82. The molecule has 0 aliphatic carbocycles. The summed E-state index contributed by atoms with van der Waals surface area (Å²) in [6.45, 7) is 2.71. The van der Waals surface area contributed by atoms with Crippen molar-refractivity contribution in [2.24, 2.45) is 0 Å². The molecule has 1 aliphatic heterocycles. The van der Waals surface area contributed by atoms with Gasteiger partial charge in [0.1, 0.15) is 0 Å². The summed E-state index contributed by atoms with van der Waals surface area (Å²) in [5.41, 5.74) is 1.06. The smallest absolute Gasteiger partial charge is 0.178 e. The number of nitrogens with zero attached hydrogens (tertiary/aromatic N) is 1. The van der Waals surface area contributed by atoms with E-state index in [-0.39, 0.29) is 5.75 Å². The molecule has 0 aromatic heterocycles. The molecule has 2 rings (SSSR count). The normalized spacial score (nSPS) is 22.9. The topological polar surface area (TPSA) is 54.5 Å². The lowest BCUT2D eigenvalue weighted by Crippen LogP contribution is -2.38. The molecule has 22 heavy (non-hydrogen) atoms. The predicted molar refractivity (Wildman–Crippen MR) is 91.4 cm³/mol. The average Bonchev–Trinajstić information content (AvgIpc) is 2.48. The summed E-state index contributed by atoms with van der Waals surface area (Å²) in [5, 5.41) is 0. The molecule has 0 spiro atoms. The molecule has 0 bridgehead atoms. The van der Waals surface area contributed by atoms with Gasteiger partial charge in [-0.2, -0.15) is 0 Å². The monoisotopic (exact) mass is 343 g/mol. The molecule has 1 heterocycles. The Kier molecular flexibility index (Phi) is 6.17. The molecule has 4 nitrogen and oxygen atoms in total. The van der Waals surface area contributed by atoms with E-state index in [1.165, 1.54) is 0 Å². The fraction of sp³-hybridized carbons (Fsp3) is 0.625. The molecule has 1 saturated heterocycles. The van der Waals surface area contributed by atoms with Crippen molar-refractivity contribution in [2.45, 2.75) is 37.1 Å². The van der Waals surface area contributed by atoms with Crippen LogP contribution in [0.3, 0.4) is 0 Å². The Labute approximate surface area is 136 Å². The van der Waals surface area contributed by atoms with Crippen LogP contribution in [0.2, 0.25) is 0 Å². The van der Waals surface area contributed by atoms with Gasteiger partial charge in [-0.25, -0.2) is 8.42 Å². The van der Waals surface area contributed by atoms with Gasteiger partial charge in [0, 0.05) is 28.3 Å². The van der Waals surface area contributed by atoms with E-state index in [4.69, 9.17) is 0 Å². The lowest BCUT2D eigenvalue weighted by molar-refractivity contribution is 0.229. The molecule has 1 aliphatic rings. The zero-order valence-electron chi connectivity index (χ0n) is 13.3. The Bertz CT molecular complexity index is 601. The van der Waals surface area contributed by atoms with E-state index in [2.05, 4.69) is 4.90 Å². The number of rotatable bonds is 6. The van der Waals surface area contributed by atoms with Crippen LogP contribution in [-0.4, -0.2) is 54.4 Å². The maximum Gasteiger partial charge on any atom is 0.178 e. The van der Waals surface area contributed by atoms with Crippen LogP contribution >= 0.6 is 0 Å². The van der Waals surface area contributed by atoms with Gasteiger partial charge in [0.15, 0.2) is 9.84 Å². The molecule has 0 unspecified atom stereocenters. The first-order valence-electron chi connectivity index (χ1n) is 7.73. The molecular weight excluding hydrogens is 318 g/mol. The number of aryl methyl sites for hydroxylation is 1. The summed E-state index contributed by atoms with van der Waals surface area (Å²) in [7, 11) is -1.80. The van der Waals surface area contributed by atoms with Crippen LogP contribution < -0.4 is 0 Å². The summed E-state index contributed by atoms with van der Waals surface area (Å²) < 4.78 is 35.9. The first-order chi connectivity index (χ1) is 10.4. The predicted octanol–water partition coefficient (Wildman–Crippen LogP) is 2.00. The van der Waals surface area contributed by atoms with Crippen LogP contribution in [0.5, 0.6) is 0 Å². The molecule has 1 aromatic carbocycles. The number of hydrogen-bond acceptors (Lipinski definition) is 4. The molecule has 0 N–H and O–H groups in total. The van der Waals surface area contributed by atoms with Gasteiger partial charge >= 0.3 is 0 Å². The van der Waals surface area contributed by atoms with E-state index >= 15 is 0 Å². The second-order valence-electron chi connectivity index (χ2n) is 6.05. The summed E-state index contributed by atoms with van der Waals surface area (Å²) in [5.74, 6) is 1.73. The molecule has 0 radical (unpaired) electrons. The van der Waals surface area contributed by atoms with Crippen LogP contribution in [0.25, 0.3) is 0 Å². The van der Waals surface area contributed by atoms with Crippen molar-refractivity contribution >= 4 is 20.6 Å². The molecule has 0 amide bonds. The highest BCUT2D eigenvalue weighted by Crippen LogP contribution is 2.16. The van der Waals surface area contributed by atoms with Gasteiger partial charge in [-0.3, -0.25) is 4.21 Å². The fourth-order valence-corrected chi connectivity index (χ4v) is 5.34. The van der Waals surface area contributed by atoms with Gasteiger partial charge < -0.3 is 4.90 Å². The van der Waals surface area contributed by atoms with Crippen molar-refractivity contribution < 1.29 is 12.6 Å². The summed E-state index contributed by atoms with van der Waals surface area (Å²) >= 11 is 0. The molecule has 124 valence electrons. The molecule has 0 saturated carbocycles. The van der Waals surface area contributed by atoms with Crippen LogP contribution in [0, 0.1) is 6.92 Å². The van der Waals surface area contributed by atoms with Crippen LogP contribution in [0.15, 0.2) is 29.2 Å². The zero-order chi connectivity index (χ0) is 16.2. The summed E-state index contributed by atoms with van der Waals surface area (Å²) in [6.07, 6.45) is 2.54. The highest BCUT2D eigenvalue weighted by molar-refractivity contribution is 7.91. The van der Waals surface area contributed by atoms with Crippen LogP contribution in [0.1, 0.15) is 24.8 Å². The number of benzene rings is 1. The van der Waals surface area contributed by atoms with Gasteiger partial charge in [-0.1, -0.05) is 17.7 Å². The maximum absolute atomic E-state index is 12.3. The van der Waals surface area contributed by atoms with Crippen molar-refractivity contribution in [2.75, 3.05) is 30.9 Å². The van der Waals surface area contributed by atoms with Crippen LogP contribution in [0.4, 0.5) is 0 Å². The van der Waals surface area contributed by atoms with Gasteiger partial charge in [0.2, 0.25) is 0 Å². The molecule has 6 heteroatoms. The van der Waals surface area contributed by atoms with Crippen molar-refractivity contribution in [3.8, 4) is 0 Å². The quantitative estimate of drug-likeness (QED) is 0.793. The van der Waals surface area contributed by atoms with Crippen molar-refractivity contribution in [3.05, 3.63) is 29.8 Å². The molecular formula is C16H25NO3S2. The van der Waals surface area contributed by atoms with Crippen molar-refractivity contribution in [3.63, 3.8) is 0 Å². The Morgan fingerprint density at radius 1 is 1.18 bits per heavy atom. The van der Waals surface area contributed by atoms with Crippen LogP contribution in [-0.2, 0) is 20.6 Å². The van der Waals surface area contributed by atoms with Gasteiger partial charge in [-0.15, -0.1) is 0 Å². The van der Waals surface area contributed by atoms with Crippen molar-refractivity contribution in [1.29, 1.82) is 0 Å². The average molecular weight is 344 g/mol. The highest BCUT2D eigenvalue weighted by Gasteiger charge is 2.22. The Hall–Kier alpha value is -0.720. The lowest BCUT2D eigenvalue weighted by Gasteiger charge is -2.30. The Morgan fingerprint density at radius 3 is 2.36 bits per heavy atom. The largest absolute Gasteiger partial charge is 0.303 e. The standard InChI is InChI=1S/C16H25NO3S2/c1-14-4-6-16(7-5-14)22(19,20)13-3-10-17(2)15-8-11-21(18)12-9-15/h4-7,15H,3,8-13H2,1-2H3. The van der Waals surface area contributed by atoms with E-state index in [1.54, 1.807) is 12.1 Å². The molecule has 1 fully saturated rings. The third kappa shape index (κ3) is 4.89. The van der Waals surface area contributed by atoms with E-state index < -0.39 is 20.6 Å². The van der Waals surface area contributed by atoms with E-state index in [0.29, 0.717) is 17.4 Å². The second-order valence-corrected chi connectivity index (χ2v) is 9.85. The maximum atomic E-state index is 12.3. The lowest BCUT2D eigenvalue weighted by atomic mass is 10.1. The molecule has 1 aromatic rings. The van der Waals surface area contributed by atoms with E-state index in [1.807, 2.05) is 26.1 Å². The number of hydrogen-bond donors (Lipinski definition) is 0. The first-order valence-corrected chi connectivity index (χ1v) is 10.9. The minimum atomic E-state index is -3.19. The minimum Gasteiger partial charge on any atom is -0.303 e. The fourth-order valence-electron chi connectivity index (χ4n) is 2.77. The van der Waals surface area contributed by atoms with Crippen molar-refractivity contribution in [1.82, 2.24) is 4.90 Å². The van der Waals surface area contributed by atoms with Gasteiger partial charge in [0.25, 0.3) is 0 Å². The zero-order valence-corrected chi connectivity index (χ0v) is 15.0. The summed E-state index contributed by atoms with van der Waals surface area (Å²) in [6, 6.07) is 7.48. The van der Waals surface area contributed by atoms with Gasteiger partial charge in [-0.05, 0) is 51.9 Å². The van der Waals surface area contributed by atoms with E-state index in [9.17, 15) is 12.6 Å². The SMILES string of the molecule is Cc1ccc(S(=O)(=O)CCCN(C)C2CCS(=O)CC2)cc1. The molecule has 0 atom stereocenters. The van der Waals surface area contributed by atoms with E-state index in [0.717, 1.165) is 36.5 Å². The number of sulfone groups is 1. The minimum absolute atomic E-state index is 0.180. The second kappa shape index (κ2) is 7.70. The highest BCUT2D eigenvalue weighted by atomic mass is 32.2. The van der Waals surface area contributed by atoms with Gasteiger partial charge in [0.05, 0.1) is 10.6 Å². The third-order valence-corrected chi connectivity index (χ3v) is 7.48. The first kappa shape index (κ1) is 17.6. The third-order valence-electron chi connectivity index (χ3n) is 4.28.